The van der Waals surface area contributed by atoms with Crippen molar-refractivity contribution in [2.24, 2.45) is 5.73 Å². The molecule has 0 aliphatic heterocycles. The summed E-state index contributed by atoms with van der Waals surface area (Å²) in [6.45, 7) is 0. The van der Waals surface area contributed by atoms with Gasteiger partial charge in [-0.15, -0.1) is 0 Å². The van der Waals surface area contributed by atoms with Gasteiger partial charge in [-0.3, -0.25) is 0 Å². The summed E-state index contributed by atoms with van der Waals surface area (Å²) in [4.78, 5) is 0. The first-order chi connectivity index (χ1) is 10.2. The number of rotatable bonds is 3. The van der Waals surface area contributed by atoms with Gasteiger partial charge in [0.1, 0.15) is 0 Å². The molecule has 1 fully saturated rings. The Bertz CT molecular complexity index is 586. The first kappa shape index (κ1) is 14.6. The van der Waals surface area contributed by atoms with Crippen molar-refractivity contribution in [1.82, 2.24) is 0 Å². The molecule has 0 atom stereocenters. The summed E-state index contributed by atoms with van der Waals surface area (Å²) in [6, 6.07) is 18.9. The van der Waals surface area contributed by atoms with Gasteiger partial charge in [0.15, 0.2) is 0 Å². The Labute approximate surface area is 132 Å². The Balaban J connectivity index is 1.66. The smallest absolute Gasteiger partial charge is 0.0438 e. The van der Waals surface area contributed by atoms with Gasteiger partial charge in [-0.2, -0.15) is 0 Å². The van der Waals surface area contributed by atoms with E-state index in [2.05, 4.69) is 36.4 Å². The van der Waals surface area contributed by atoms with Crippen molar-refractivity contribution in [3.8, 4) is 0 Å². The molecule has 0 radical (unpaired) electrons. The molecule has 2 heteroatoms. The van der Waals surface area contributed by atoms with Crippen LogP contribution >= 0.6 is 11.6 Å². The topological polar surface area (TPSA) is 26.0 Å². The van der Waals surface area contributed by atoms with E-state index in [0.29, 0.717) is 5.92 Å². The van der Waals surface area contributed by atoms with Gasteiger partial charge in [-0.1, -0.05) is 60.1 Å². The molecular weight excluding hydrogens is 278 g/mol. The van der Waals surface area contributed by atoms with E-state index in [1.54, 1.807) is 0 Å². The molecule has 110 valence electrons. The van der Waals surface area contributed by atoms with E-state index < -0.39 is 0 Å². The normalized spacial score (nSPS) is 25.7. The van der Waals surface area contributed by atoms with Crippen LogP contribution in [0.1, 0.15) is 42.7 Å². The summed E-state index contributed by atoms with van der Waals surface area (Å²) < 4.78 is 0. The number of benzene rings is 2. The maximum atomic E-state index is 6.64. The predicted molar refractivity (Wildman–Crippen MR) is 89.7 cm³/mol. The maximum absolute atomic E-state index is 6.64. The maximum Gasteiger partial charge on any atom is 0.0438 e. The highest BCUT2D eigenvalue weighted by Gasteiger charge is 2.32. The molecule has 0 saturated heterocycles. The van der Waals surface area contributed by atoms with Gasteiger partial charge in [0.05, 0.1) is 0 Å². The summed E-state index contributed by atoms with van der Waals surface area (Å²) in [7, 11) is 0. The summed E-state index contributed by atoms with van der Waals surface area (Å²) in [6.07, 6.45) is 5.36. The second kappa shape index (κ2) is 6.21. The van der Waals surface area contributed by atoms with Crippen LogP contribution in [0.4, 0.5) is 0 Å². The van der Waals surface area contributed by atoms with Gasteiger partial charge < -0.3 is 5.73 Å². The highest BCUT2D eigenvalue weighted by molar-refractivity contribution is 6.31. The van der Waals surface area contributed by atoms with Gasteiger partial charge in [0, 0.05) is 10.6 Å². The quantitative estimate of drug-likeness (QED) is 0.853. The lowest BCUT2D eigenvalue weighted by molar-refractivity contribution is 0.271. The largest absolute Gasteiger partial charge is 0.325 e. The molecule has 1 nitrogen and oxygen atoms in total. The van der Waals surface area contributed by atoms with Crippen LogP contribution in [0.2, 0.25) is 5.02 Å². The Kier molecular flexibility index (Phi) is 4.32. The van der Waals surface area contributed by atoms with Gasteiger partial charge >= 0.3 is 0 Å². The molecular formula is C19H22ClN. The van der Waals surface area contributed by atoms with Crippen molar-refractivity contribution >= 4 is 11.6 Å². The summed E-state index contributed by atoms with van der Waals surface area (Å²) in [5.74, 6) is 0.661. The van der Waals surface area contributed by atoms with E-state index in [9.17, 15) is 0 Å². The lowest BCUT2D eigenvalue weighted by Crippen LogP contribution is -2.45. The molecule has 21 heavy (non-hydrogen) atoms. The van der Waals surface area contributed by atoms with Crippen molar-refractivity contribution < 1.29 is 0 Å². The molecule has 0 spiro atoms. The highest BCUT2D eigenvalue weighted by atomic mass is 35.5. The Morgan fingerprint density at radius 3 is 2.24 bits per heavy atom. The summed E-state index contributed by atoms with van der Waals surface area (Å²) in [5.41, 5.74) is 9.18. The molecule has 2 aromatic carbocycles. The van der Waals surface area contributed by atoms with Gasteiger partial charge in [0.2, 0.25) is 0 Å². The van der Waals surface area contributed by atoms with Crippen LogP contribution in [-0.2, 0) is 6.42 Å². The second-order valence-corrected chi connectivity index (χ2v) is 6.72. The van der Waals surface area contributed by atoms with Gasteiger partial charge in [0.25, 0.3) is 0 Å². The van der Waals surface area contributed by atoms with Crippen LogP contribution in [0.5, 0.6) is 0 Å². The first-order valence-electron chi connectivity index (χ1n) is 7.74. The van der Waals surface area contributed by atoms with Crippen LogP contribution in [0.15, 0.2) is 54.6 Å². The standard InChI is InChI=1S/C19H22ClN/c20-18-9-5-4-8-17(18)14-19(21)12-10-16(11-13-19)15-6-2-1-3-7-15/h1-9,16H,10-14,21H2. The van der Waals surface area contributed by atoms with Crippen LogP contribution in [0.3, 0.4) is 0 Å². The van der Waals surface area contributed by atoms with E-state index in [1.807, 2.05) is 18.2 Å². The van der Waals surface area contributed by atoms with Crippen molar-refractivity contribution in [2.45, 2.75) is 43.6 Å². The molecule has 1 saturated carbocycles. The highest BCUT2D eigenvalue weighted by Crippen LogP contribution is 2.38. The van der Waals surface area contributed by atoms with E-state index >= 15 is 0 Å². The fraction of sp³-hybridized carbons (Fsp3) is 0.368. The average Bonchev–Trinajstić information content (AvgIpc) is 2.51. The predicted octanol–water partition coefficient (Wildman–Crippen LogP) is 4.94. The summed E-state index contributed by atoms with van der Waals surface area (Å²) in [5, 5.41) is 0.840. The Hall–Kier alpha value is -1.31. The van der Waals surface area contributed by atoms with E-state index in [0.717, 1.165) is 24.3 Å². The number of halogens is 1. The SMILES string of the molecule is NC1(Cc2ccccc2Cl)CCC(c2ccccc2)CC1. The molecule has 0 heterocycles. The third kappa shape index (κ3) is 3.48. The number of hydrogen-bond donors (Lipinski definition) is 1. The fourth-order valence-corrected chi connectivity index (χ4v) is 3.65. The van der Waals surface area contributed by atoms with Crippen molar-refractivity contribution in [3.63, 3.8) is 0 Å². The van der Waals surface area contributed by atoms with Crippen LogP contribution in [0, 0.1) is 0 Å². The lowest BCUT2D eigenvalue weighted by Gasteiger charge is -2.37. The molecule has 0 unspecified atom stereocenters. The van der Waals surface area contributed by atoms with E-state index in [4.69, 9.17) is 17.3 Å². The monoisotopic (exact) mass is 299 g/mol. The molecule has 1 aliphatic rings. The van der Waals surface area contributed by atoms with Crippen molar-refractivity contribution in [1.29, 1.82) is 0 Å². The first-order valence-corrected chi connectivity index (χ1v) is 8.11. The Morgan fingerprint density at radius 2 is 1.57 bits per heavy atom. The zero-order chi connectivity index (χ0) is 14.7. The third-order valence-electron chi connectivity index (χ3n) is 4.75. The van der Waals surface area contributed by atoms with Gasteiger partial charge in [-0.25, -0.2) is 0 Å². The van der Waals surface area contributed by atoms with Crippen LogP contribution in [-0.4, -0.2) is 5.54 Å². The summed E-state index contributed by atoms with van der Waals surface area (Å²) >= 11 is 6.27. The minimum absolute atomic E-state index is 0.101. The van der Waals surface area contributed by atoms with Crippen LogP contribution in [0.25, 0.3) is 0 Å². The van der Waals surface area contributed by atoms with Gasteiger partial charge in [-0.05, 0) is 55.2 Å². The fourth-order valence-electron chi connectivity index (χ4n) is 3.45. The molecule has 0 amide bonds. The Morgan fingerprint density at radius 1 is 0.952 bits per heavy atom. The molecule has 0 aromatic heterocycles. The zero-order valence-corrected chi connectivity index (χ0v) is 13.0. The third-order valence-corrected chi connectivity index (χ3v) is 5.12. The molecule has 1 aliphatic carbocycles. The molecule has 2 aromatic rings. The van der Waals surface area contributed by atoms with Crippen molar-refractivity contribution in [3.05, 3.63) is 70.7 Å². The minimum atomic E-state index is -0.101. The molecule has 3 rings (SSSR count). The van der Waals surface area contributed by atoms with E-state index in [-0.39, 0.29) is 5.54 Å². The second-order valence-electron chi connectivity index (χ2n) is 6.32. The number of nitrogens with two attached hydrogens (primary N) is 1. The van der Waals surface area contributed by atoms with Crippen molar-refractivity contribution in [2.75, 3.05) is 0 Å². The molecule has 2 N–H and O–H groups in total. The van der Waals surface area contributed by atoms with E-state index in [1.165, 1.54) is 24.0 Å². The lowest BCUT2D eigenvalue weighted by atomic mass is 9.72. The average molecular weight is 300 g/mol. The molecule has 0 bridgehead atoms. The zero-order valence-electron chi connectivity index (χ0n) is 12.3. The minimum Gasteiger partial charge on any atom is -0.325 e. The number of hydrogen-bond acceptors (Lipinski definition) is 1. The van der Waals surface area contributed by atoms with Crippen LogP contribution < -0.4 is 5.73 Å².